The van der Waals surface area contributed by atoms with Gasteiger partial charge in [-0.15, -0.1) is 0 Å². The molecule has 1 saturated heterocycles. The molecule has 2 heterocycles. The van der Waals surface area contributed by atoms with Crippen molar-refractivity contribution in [2.45, 2.75) is 45.4 Å². The zero-order chi connectivity index (χ0) is 19.7. The molecule has 0 saturated carbocycles. The fraction of sp³-hybridized carbons (Fsp3) is 0.348. The van der Waals surface area contributed by atoms with Gasteiger partial charge >= 0.3 is 0 Å². The Labute approximate surface area is 165 Å². The minimum atomic E-state index is -0.0774. The fourth-order valence-electron chi connectivity index (χ4n) is 3.58. The van der Waals surface area contributed by atoms with Crippen molar-refractivity contribution in [1.29, 1.82) is 0 Å². The summed E-state index contributed by atoms with van der Waals surface area (Å²) in [6, 6.07) is 16.4. The lowest BCUT2D eigenvalue weighted by Crippen LogP contribution is -2.24. The summed E-state index contributed by atoms with van der Waals surface area (Å²) in [6.45, 7) is 7.00. The molecular weight excluding hydrogens is 350 g/mol. The predicted octanol–water partition coefficient (Wildman–Crippen LogP) is 4.94. The Morgan fingerprint density at radius 1 is 1.18 bits per heavy atom. The molecule has 1 amide bonds. The van der Waals surface area contributed by atoms with Crippen LogP contribution in [0.15, 0.2) is 53.1 Å². The maximum Gasteiger partial charge on any atom is 0.232 e. The zero-order valence-corrected chi connectivity index (χ0v) is 16.6. The van der Waals surface area contributed by atoms with Crippen LogP contribution < -0.4 is 4.90 Å². The van der Waals surface area contributed by atoms with Gasteiger partial charge in [0, 0.05) is 24.2 Å². The van der Waals surface area contributed by atoms with E-state index in [0.29, 0.717) is 30.6 Å². The van der Waals surface area contributed by atoms with E-state index >= 15 is 0 Å². The molecule has 0 bridgehead atoms. The van der Waals surface area contributed by atoms with Gasteiger partial charge < -0.3 is 9.42 Å². The number of rotatable bonds is 5. The van der Waals surface area contributed by atoms with Crippen LogP contribution in [0.4, 0.5) is 5.69 Å². The third-order valence-corrected chi connectivity index (χ3v) is 5.38. The highest BCUT2D eigenvalue weighted by atomic mass is 16.5. The number of carbonyl (C=O) groups excluding carboxylic acids is 1. The smallest absolute Gasteiger partial charge is 0.232 e. The Morgan fingerprint density at radius 3 is 2.68 bits per heavy atom. The number of nitrogens with zero attached hydrogens (tertiary/aromatic N) is 3. The number of aryl methyl sites for hydroxylation is 1. The molecule has 0 spiro atoms. The molecular formula is C23H25N3O2. The van der Waals surface area contributed by atoms with E-state index in [-0.39, 0.29) is 11.8 Å². The summed E-state index contributed by atoms with van der Waals surface area (Å²) in [6.07, 6.45) is 1.39. The molecule has 5 nitrogen and oxygen atoms in total. The van der Waals surface area contributed by atoms with E-state index in [0.717, 1.165) is 17.7 Å². The van der Waals surface area contributed by atoms with E-state index in [9.17, 15) is 4.79 Å². The minimum Gasteiger partial charge on any atom is -0.339 e. The molecule has 1 aliphatic rings. The topological polar surface area (TPSA) is 59.2 Å². The van der Waals surface area contributed by atoms with Crippen molar-refractivity contribution in [2.24, 2.45) is 0 Å². The second-order valence-electron chi connectivity index (χ2n) is 7.66. The highest BCUT2D eigenvalue weighted by molar-refractivity contribution is 5.96. The summed E-state index contributed by atoms with van der Waals surface area (Å²) in [5, 5.41) is 4.13. The highest BCUT2D eigenvalue weighted by Gasteiger charge is 2.35. The molecule has 1 atom stereocenters. The van der Waals surface area contributed by atoms with Gasteiger partial charge in [0.15, 0.2) is 0 Å². The summed E-state index contributed by atoms with van der Waals surface area (Å²) in [5.74, 6) is 1.55. The van der Waals surface area contributed by atoms with Crippen LogP contribution in [0.2, 0.25) is 0 Å². The van der Waals surface area contributed by atoms with E-state index in [1.807, 2.05) is 29.2 Å². The quantitative estimate of drug-likeness (QED) is 0.633. The number of aromatic nitrogens is 2. The van der Waals surface area contributed by atoms with E-state index in [1.165, 1.54) is 11.1 Å². The van der Waals surface area contributed by atoms with E-state index in [4.69, 9.17) is 4.52 Å². The van der Waals surface area contributed by atoms with Gasteiger partial charge in [-0.3, -0.25) is 4.79 Å². The average Bonchev–Trinajstić information content (AvgIpc) is 3.35. The second kappa shape index (κ2) is 7.58. The normalized spacial score (nSPS) is 16.9. The Hall–Kier alpha value is -2.95. The van der Waals surface area contributed by atoms with Gasteiger partial charge in [-0.25, -0.2) is 0 Å². The van der Waals surface area contributed by atoms with Crippen LogP contribution in [-0.2, 0) is 11.2 Å². The highest BCUT2D eigenvalue weighted by Crippen LogP contribution is 2.33. The molecule has 4 rings (SSSR count). The van der Waals surface area contributed by atoms with Crippen LogP contribution in [0.5, 0.6) is 0 Å². The maximum atomic E-state index is 12.6. The number of amides is 1. The molecule has 1 unspecified atom stereocenters. The first-order valence-electron chi connectivity index (χ1n) is 9.88. The van der Waals surface area contributed by atoms with Gasteiger partial charge in [0.2, 0.25) is 17.6 Å². The molecule has 0 aliphatic carbocycles. The monoisotopic (exact) mass is 375 g/mol. The Bertz CT molecular complexity index is 976. The van der Waals surface area contributed by atoms with Crippen molar-refractivity contribution in [2.75, 3.05) is 11.4 Å². The van der Waals surface area contributed by atoms with Crippen LogP contribution in [0.25, 0.3) is 11.4 Å². The zero-order valence-electron chi connectivity index (χ0n) is 16.6. The van der Waals surface area contributed by atoms with Crippen molar-refractivity contribution in [3.63, 3.8) is 0 Å². The third-order valence-electron chi connectivity index (χ3n) is 5.38. The first kappa shape index (κ1) is 18.4. The van der Waals surface area contributed by atoms with Crippen LogP contribution >= 0.6 is 0 Å². The Morgan fingerprint density at radius 2 is 1.96 bits per heavy atom. The standard InChI is InChI=1S/C23H25N3O2/c1-4-16-8-10-17(11-9-16)22-24-23(28-25-22)19-13-21(27)26(14-19)20-7-5-6-18(12-20)15(2)3/h5-12,15,19H,4,13-14H2,1-3H3. The summed E-state index contributed by atoms with van der Waals surface area (Å²) in [7, 11) is 0. The predicted molar refractivity (Wildman–Crippen MR) is 109 cm³/mol. The Balaban J connectivity index is 1.53. The van der Waals surface area contributed by atoms with Crippen molar-refractivity contribution in [1.82, 2.24) is 10.1 Å². The summed E-state index contributed by atoms with van der Waals surface area (Å²) in [5.41, 5.74) is 4.36. The summed E-state index contributed by atoms with van der Waals surface area (Å²) < 4.78 is 5.51. The largest absolute Gasteiger partial charge is 0.339 e. The van der Waals surface area contributed by atoms with Gasteiger partial charge in [-0.2, -0.15) is 4.98 Å². The van der Waals surface area contributed by atoms with Crippen LogP contribution in [0, 0.1) is 0 Å². The summed E-state index contributed by atoms with van der Waals surface area (Å²) >= 11 is 0. The fourth-order valence-corrected chi connectivity index (χ4v) is 3.58. The molecule has 28 heavy (non-hydrogen) atoms. The van der Waals surface area contributed by atoms with E-state index < -0.39 is 0 Å². The number of anilines is 1. The van der Waals surface area contributed by atoms with Crippen molar-refractivity contribution >= 4 is 11.6 Å². The lowest BCUT2D eigenvalue weighted by molar-refractivity contribution is -0.117. The third kappa shape index (κ3) is 3.57. The first-order chi connectivity index (χ1) is 13.5. The molecule has 2 aromatic carbocycles. The molecule has 5 heteroatoms. The van der Waals surface area contributed by atoms with Crippen LogP contribution in [0.3, 0.4) is 0 Å². The number of hydrogen-bond acceptors (Lipinski definition) is 4. The van der Waals surface area contributed by atoms with Crippen LogP contribution in [-0.4, -0.2) is 22.6 Å². The van der Waals surface area contributed by atoms with E-state index in [2.05, 4.69) is 55.2 Å². The van der Waals surface area contributed by atoms with Gasteiger partial charge in [0.25, 0.3) is 0 Å². The average molecular weight is 375 g/mol. The summed E-state index contributed by atoms with van der Waals surface area (Å²) in [4.78, 5) is 19.0. The SMILES string of the molecule is CCc1ccc(-c2noc(C3CC(=O)N(c4cccc(C(C)C)c4)C3)n2)cc1. The number of carbonyl (C=O) groups is 1. The van der Waals surface area contributed by atoms with Gasteiger partial charge in [0.05, 0.1) is 5.92 Å². The molecule has 0 N–H and O–H groups in total. The molecule has 3 aromatic rings. The van der Waals surface area contributed by atoms with Crippen LogP contribution in [0.1, 0.15) is 56.0 Å². The first-order valence-corrected chi connectivity index (χ1v) is 9.88. The van der Waals surface area contributed by atoms with Gasteiger partial charge in [-0.1, -0.05) is 62.3 Å². The molecule has 1 aromatic heterocycles. The van der Waals surface area contributed by atoms with Gasteiger partial charge in [-0.05, 0) is 35.6 Å². The van der Waals surface area contributed by atoms with Crippen molar-refractivity contribution in [3.05, 3.63) is 65.5 Å². The molecule has 144 valence electrons. The maximum absolute atomic E-state index is 12.6. The van der Waals surface area contributed by atoms with E-state index in [1.54, 1.807) is 0 Å². The molecule has 1 aliphatic heterocycles. The second-order valence-corrected chi connectivity index (χ2v) is 7.66. The minimum absolute atomic E-state index is 0.0774. The number of hydrogen-bond donors (Lipinski definition) is 0. The molecule has 0 radical (unpaired) electrons. The Kier molecular flexibility index (Phi) is 4.99. The van der Waals surface area contributed by atoms with Crippen molar-refractivity contribution in [3.8, 4) is 11.4 Å². The lowest BCUT2D eigenvalue weighted by atomic mass is 10.0. The van der Waals surface area contributed by atoms with Gasteiger partial charge in [0.1, 0.15) is 0 Å². The lowest BCUT2D eigenvalue weighted by Gasteiger charge is -2.18. The molecule has 1 fully saturated rings. The number of benzene rings is 2. The van der Waals surface area contributed by atoms with Crippen molar-refractivity contribution < 1.29 is 9.32 Å².